The fourth-order valence-corrected chi connectivity index (χ4v) is 5.62. The highest BCUT2D eigenvalue weighted by Gasteiger charge is 2.30. The van der Waals surface area contributed by atoms with Crippen LogP contribution in [0.4, 0.5) is 0 Å². The van der Waals surface area contributed by atoms with Crippen LogP contribution in [0.3, 0.4) is 0 Å². The van der Waals surface area contributed by atoms with Gasteiger partial charge in [0, 0.05) is 39.0 Å². The summed E-state index contributed by atoms with van der Waals surface area (Å²) in [6.07, 6.45) is 0.875. The second-order valence-electron chi connectivity index (χ2n) is 7.99. The molecule has 0 atom stereocenters. The summed E-state index contributed by atoms with van der Waals surface area (Å²) in [7, 11) is -3.59. The van der Waals surface area contributed by atoms with Crippen LogP contribution in [0, 0.1) is 0 Å². The molecule has 5 rings (SSSR count). The number of imidazole rings is 1. The summed E-state index contributed by atoms with van der Waals surface area (Å²) in [6.45, 7) is 1.38. The van der Waals surface area contributed by atoms with E-state index in [1.165, 1.54) is 4.31 Å². The zero-order valence-corrected chi connectivity index (χ0v) is 18.4. The zero-order chi connectivity index (χ0) is 22.1. The van der Waals surface area contributed by atoms with E-state index in [9.17, 15) is 13.2 Å². The Balaban J connectivity index is 1.20. The highest BCUT2D eigenvalue weighted by atomic mass is 32.2. The molecule has 1 N–H and O–H groups in total. The lowest BCUT2D eigenvalue weighted by atomic mass is 10.1. The number of amides is 1. The van der Waals surface area contributed by atoms with Gasteiger partial charge in [0.1, 0.15) is 5.82 Å². The van der Waals surface area contributed by atoms with Crippen molar-refractivity contribution in [2.75, 3.05) is 26.2 Å². The number of fused-ring (bicyclic) bond motifs is 2. The van der Waals surface area contributed by atoms with Crippen LogP contribution in [0.2, 0.25) is 0 Å². The Bertz CT molecular complexity index is 1360. The van der Waals surface area contributed by atoms with Crippen molar-refractivity contribution in [2.24, 2.45) is 0 Å². The number of aryl methyl sites for hydroxylation is 1. The van der Waals surface area contributed by atoms with E-state index >= 15 is 0 Å². The van der Waals surface area contributed by atoms with Crippen LogP contribution in [-0.4, -0.2) is 59.7 Å². The van der Waals surface area contributed by atoms with Crippen molar-refractivity contribution in [3.8, 4) is 0 Å². The van der Waals surface area contributed by atoms with Gasteiger partial charge in [-0.25, -0.2) is 13.4 Å². The number of aromatic amines is 1. The van der Waals surface area contributed by atoms with Gasteiger partial charge in [0.2, 0.25) is 15.9 Å². The number of aromatic nitrogens is 2. The molecule has 3 aromatic carbocycles. The number of nitrogens with one attached hydrogen (secondary N) is 1. The van der Waals surface area contributed by atoms with Crippen molar-refractivity contribution in [1.82, 2.24) is 19.2 Å². The van der Waals surface area contributed by atoms with Gasteiger partial charge in [0.05, 0.1) is 15.9 Å². The number of carbonyl (C=O) groups excluding carboxylic acids is 1. The van der Waals surface area contributed by atoms with Gasteiger partial charge in [-0.05, 0) is 35.0 Å². The molecule has 1 saturated heterocycles. The van der Waals surface area contributed by atoms with Crippen molar-refractivity contribution >= 4 is 37.7 Å². The maximum atomic E-state index is 13.1. The smallest absolute Gasteiger partial charge is 0.243 e. The van der Waals surface area contributed by atoms with E-state index in [1.807, 2.05) is 54.6 Å². The summed E-state index contributed by atoms with van der Waals surface area (Å²) in [5.41, 5.74) is 1.85. The van der Waals surface area contributed by atoms with Crippen LogP contribution in [0.25, 0.3) is 21.8 Å². The topological polar surface area (TPSA) is 86.4 Å². The molecule has 0 saturated carbocycles. The second-order valence-corrected chi connectivity index (χ2v) is 9.93. The number of carbonyl (C=O) groups is 1. The number of para-hydroxylation sites is 2. The number of piperazine rings is 1. The Kier molecular flexibility index (Phi) is 5.40. The fourth-order valence-electron chi connectivity index (χ4n) is 4.16. The summed E-state index contributed by atoms with van der Waals surface area (Å²) in [5, 5.41) is 1.90. The van der Waals surface area contributed by atoms with Crippen LogP contribution >= 0.6 is 0 Å². The average Bonchev–Trinajstić information content (AvgIpc) is 3.25. The van der Waals surface area contributed by atoms with Crippen molar-refractivity contribution < 1.29 is 13.2 Å². The molecule has 1 amide bonds. The molecular formula is C24H24N4O3S. The van der Waals surface area contributed by atoms with E-state index in [0.717, 1.165) is 27.6 Å². The van der Waals surface area contributed by atoms with Crippen molar-refractivity contribution in [1.29, 1.82) is 0 Å². The number of nitrogens with zero attached hydrogens (tertiary/aromatic N) is 3. The van der Waals surface area contributed by atoms with Gasteiger partial charge in [-0.15, -0.1) is 0 Å². The van der Waals surface area contributed by atoms with Crippen molar-refractivity contribution in [3.63, 3.8) is 0 Å². The third-order valence-electron chi connectivity index (χ3n) is 5.96. The zero-order valence-electron chi connectivity index (χ0n) is 17.6. The van der Waals surface area contributed by atoms with E-state index in [2.05, 4.69) is 9.97 Å². The largest absolute Gasteiger partial charge is 0.342 e. The van der Waals surface area contributed by atoms with Gasteiger partial charge in [0.15, 0.2) is 0 Å². The molecule has 0 spiro atoms. The predicted octanol–water partition coefficient (Wildman–Crippen LogP) is 3.18. The lowest BCUT2D eigenvalue weighted by Crippen LogP contribution is -2.50. The molecule has 1 aromatic heterocycles. The van der Waals surface area contributed by atoms with Crippen molar-refractivity contribution in [2.45, 2.75) is 17.7 Å². The molecule has 0 aliphatic carbocycles. The highest BCUT2D eigenvalue weighted by Crippen LogP contribution is 2.23. The van der Waals surface area contributed by atoms with E-state index in [0.29, 0.717) is 43.9 Å². The van der Waals surface area contributed by atoms with Crippen LogP contribution in [0.1, 0.15) is 12.2 Å². The molecule has 8 heteroatoms. The Hall–Kier alpha value is -3.23. The third kappa shape index (κ3) is 3.99. The lowest BCUT2D eigenvalue weighted by Gasteiger charge is -2.34. The number of rotatable bonds is 5. The van der Waals surface area contributed by atoms with Gasteiger partial charge >= 0.3 is 0 Å². The molecule has 1 aliphatic heterocycles. The van der Waals surface area contributed by atoms with Crippen LogP contribution < -0.4 is 0 Å². The fraction of sp³-hybridized carbons (Fsp3) is 0.250. The second kappa shape index (κ2) is 8.37. The van der Waals surface area contributed by atoms with Gasteiger partial charge in [-0.1, -0.05) is 42.5 Å². The molecule has 0 bridgehead atoms. The highest BCUT2D eigenvalue weighted by molar-refractivity contribution is 7.89. The number of hydrogen-bond donors (Lipinski definition) is 1. The average molecular weight is 449 g/mol. The van der Waals surface area contributed by atoms with Gasteiger partial charge in [-0.2, -0.15) is 4.31 Å². The monoisotopic (exact) mass is 448 g/mol. The standard InChI is InChI=1S/C24H24N4O3S/c29-24(12-11-23-25-21-7-3-4-8-22(21)26-23)27-13-15-28(16-14-27)32(30,31)20-10-9-18-5-1-2-6-19(18)17-20/h1-10,17H,11-16H2,(H,25,26). The van der Waals surface area contributed by atoms with Crippen molar-refractivity contribution in [3.05, 3.63) is 72.6 Å². The third-order valence-corrected chi connectivity index (χ3v) is 7.86. The lowest BCUT2D eigenvalue weighted by molar-refractivity contribution is -0.132. The Labute approximate surface area is 186 Å². The maximum Gasteiger partial charge on any atom is 0.243 e. The first-order valence-electron chi connectivity index (χ1n) is 10.7. The van der Waals surface area contributed by atoms with E-state index in [-0.39, 0.29) is 5.91 Å². The normalized spacial score (nSPS) is 15.4. The molecule has 4 aromatic rings. The molecular weight excluding hydrogens is 424 g/mol. The Morgan fingerprint density at radius 2 is 1.62 bits per heavy atom. The minimum absolute atomic E-state index is 0.0215. The van der Waals surface area contributed by atoms with E-state index in [4.69, 9.17) is 0 Å². The number of sulfonamides is 1. The minimum Gasteiger partial charge on any atom is -0.342 e. The first-order chi connectivity index (χ1) is 15.5. The summed E-state index contributed by atoms with van der Waals surface area (Å²) in [5.74, 6) is 0.810. The number of benzene rings is 3. The van der Waals surface area contributed by atoms with Crippen LogP contribution in [-0.2, 0) is 21.2 Å². The molecule has 32 heavy (non-hydrogen) atoms. The van der Waals surface area contributed by atoms with Gasteiger partial charge in [-0.3, -0.25) is 4.79 Å². The van der Waals surface area contributed by atoms with E-state index in [1.54, 1.807) is 17.0 Å². The Morgan fingerprint density at radius 3 is 2.41 bits per heavy atom. The predicted molar refractivity (Wildman–Crippen MR) is 124 cm³/mol. The SMILES string of the molecule is O=C(CCc1nc2ccccc2[nH]1)N1CCN(S(=O)(=O)c2ccc3ccccc3c2)CC1. The quantitative estimate of drug-likeness (QED) is 0.508. The summed E-state index contributed by atoms with van der Waals surface area (Å²) in [4.78, 5) is 22.5. The summed E-state index contributed by atoms with van der Waals surface area (Å²) >= 11 is 0. The van der Waals surface area contributed by atoms with Gasteiger partial charge in [0.25, 0.3) is 0 Å². The summed E-state index contributed by atoms with van der Waals surface area (Å²) < 4.78 is 27.7. The maximum absolute atomic E-state index is 13.1. The molecule has 164 valence electrons. The van der Waals surface area contributed by atoms with E-state index < -0.39 is 10.0 Å². The van der Waals surface area contributed by atoms with Crippen LogP contribution in [0.5, 0.6) is 0 Å². The number of H-pyrrole nitrogens is 1. The summed E-state index contributed by atoms with van der Waals surface area (Å²) in [6, 6.07) is 20.7. The van der Waals surface area contributed by atoms with Gasteiger partial charge < -0.3 is 9.88 Å². The Morgan fingerprint density at radius 1 is 0.906 bits per heavy atom. The minimum atomic E-state index is -3.59. The number of hydrogen-bond acceptors (Lipinski definition) is 4. The molecule has 0 unspecified atom stereocenters. The molecule has 7 nitrogen and oxygen atoms in total. The first kappa shape index (κ1) is 20.7. The van der Waals surface area contributed by atoms with Crippen LogP contribution in [0.15, 0.2) is 71.6 Å². The molecule has 0 radical (unpaired) electrons. The molecule has 1 aliphatic rings. The molecule has 1 fully saturated rings. The first-order valence-corrected chi connectivity index (χ1v) is 12.1. The molecule has 2 heterocycles.